The molecule has 160 valence electrons. The lowest BCUT2D eigenvalue weighted by atomic mass is 9.99. The molecule has 2 amide bonds. The lowest BCUT2D eigenvalue weighted by Gasteiger charge is -2.18. The van der Waals surface area contributed by atoms with Crippen molar-refractivity contribution in [2.45, 2.75) is 57.2 Å². The number of benzene rings is 2. The number of hydrogen-bond donors (Lipinski definition) is 3. The molecule has 6 nitrogen and oxygen atoms in total. The summed E-state index contributed by atoms with van der Waals surface area (Å²) in [7, 11) is -3.79. The molecule has 0 radical (unpaired) electrons. The van der Waals surface area contributed by atoms with Gasteiger partial charge in [-0.1, -0.05) is 36.4 Å². The van der Waals surface area contributed by atoms with E-state index in [4.69, 9.17) is 0 Å². The fourth-order valence-electron chi connectivity index (χ4n) is 4.46. The first-order chi connectivity index (χ1) is 14.4. The number of sulfonamides is 1. The molecule has 0 bridgehead atoms. The van der Waals surface area contributed by atoms with Crippen LogP contribution in [-0.2, 0) is 42.3 Å². The van der Waals surface area contributed by atoms with Gasteiger partial charge in [0.2, 0.25) is 10.0 Å². The molecule has 30 heavy (non-hydrogen) atoms. The van der Waals surface area contributed by atoms with Crippen molar-refractivity contribution in [3.05, 3.63) is 64.2 Å². The molecule has 2 aromatic carbocycles. The Bertz CT molecular complexity index is 1000. The summed E-state index contributed by atoms with van der Waals surface area (Å²) in [5.74, 6) is 0. The zero-order valence-electron chi connectivity index (χ0n) is 17.3. The van der Waals surface area contributed by atoms with Crippen molar-refractivity contribution in [3.63, 3.8) is 0 Å². The lowest BCUT2D eigenvalue weighted by molar-refractivity contribution is 0.256. The van der Waals surface area contributed by atoms with Crippen LogP contribution in [-0.4, -0.2) is 26.2 Å². The van der Waals surface area contributed by atoms with Gasteiger partial charge in [-0.05, 0) is 73.3 Å². The number of rotatable bonds is 7. The lowest BCUT2D eigenvalue weighted by Crippen LogP contribution is -2.43. The molecule has 0 saturated carbocycles. The number of urea groups is 1. The molecule has 0 heterocycles. The Hall–Kier alpha value is -2.38. The number of amides is 2. The second kappa shape index (κ2) is 8.78. The van der Waals surface area contributed by atoms with Crippen LogP contribution in [0.5, 0.6) is 0 Å². The van der Waals surface area contributed by atoms with Crippen molar-refractivity contribution in [1.29, 1.82) is 0 Å². The summed E-state index contributed by atoms with van der Waals surface area (Å²) in [6, 6.07) is 11.4. The molecular weight excluding hydrogens is 398 g/mol. The highest BCUT2D eigenvalue weighted by Crippen LogP contribution is 2.38. The minimum Gasteiger partial charge on any atom is -0.311 e. The van der Waals surface area contributed by atoms with Crippen LogP contribution in [0.4, 0.5) is 10.5 Å². The molecule has 7 heteroatoms. The minimum atomic E-state index is -3.79. The molecule has 2 aliphatic rings. The van der Waals surface area contributed by atoms with Crippen LogP contribution in [0.1, 0.15) is 47.6 Å². The van der Waals surface area contributed by atoms with Gasteiger partial charge in [-0.2, -0.15) is 0 Å². The Morgan fingerprint density at radius 3 is 2.27 bits per heavy atom. The highest BCUT2D eigenvalue weighted by molar-refractivity contribution is 7.90. The Kier molecular flexibility index (Phi) is 6.11. The first-order valence-corrected chi connectivity index (χ1v) is 12.2. The van der Waals surface area contributed by atoms with Crippen molar-refractivity contribution in [3.8, 4) is 0 Å². The van der Waals surface area contributed by atoms with Crippen molar-refractivity contribution in [2.24, 2.45) is 0 Å². The van der Waals surface area contributed by atoms with E-state index < -0.39 is 21.3 Å². The van der Waals surface area contributed by atoms with E-state index in [1.54, 1.807) is 6.92 Å². The van der Waals surface area contributed by atoms with Crippen molar-refractivity contribution in [1.82, 2.24) is 10.0 Å². The third-order valence-corrected chi connectivity index (χ3v) is 7.78. The summed E-state index contributed by atoms with van der Waals surface area (Å²) >= 11 is 0. The number of hydrogen-bond acceptors (Lipinski definition) is 4. The normalized spacial score (nSPS) is 16.0. The van der Waals surface area contributed by atoms with Gasteiger partial charge in [-0.25, -0.2) is 17.9 Å². The quantitative estimate of drug-likeness (QED) is 0.633. The first-order valence-electron chi connectivity index (χ1n) is 10.7. The molecule has 0 aliphatic heterocycles. The highest BCUT2D eigenvalue weighted by Gasteiger charge is 2.27. The Labute approximate surface area is 178 Å². The van der Waals surface area contributed by atoms with E-state index in [-0.39, 0.29) is 6.54 Å². The zero-order chi connectivity index (χ0) is 21.1. The largest absolute Gasteiger partial charge is 0.332 e. The van der Waals surface area contributed by atoms with Crippen molar-refractivity contribution in [2.75, 3.05) is 11.9 Å². The molecule has 3 N–H and O–H groups in total. The monoisotopic (exact) mass is 427 g/mol. The fourth-order valence-corrected chi connectivity index (χ4v) is 5.31. The predicted molar refractivity (Wildman–Crippen MR) is 119 cm³/mol. The number of fused-ring (bicyclic) bond motifs is 2. The van der Waals surface area contributed by atoms with Crippen molar-refractivity contribution >= 4 is 21.7 Å². The predicted octanol–water partition coefficient (Wildman–Crippen LogP) is 3.29. The third kappa shape index (κ3) is 4.52. The van der Waals surface area contributed by atoms with Gasteiger partial charge in [-0.15, -0.1) is 0 Å². The van der Waals surface area contributed by atoms with E-state index in [1.807, 2.05) is 30.3 Å². The van der Waals surface area contributed by atoms with E-state index in [0.29, 0.717) is 6.54 Å². The number of carbonyl (C=O) groups excluding carboxylic acids is 1. The van der Waals surface area contributed by atoms with Crippen LogP contribution in [0, 0.1) is 0 Å². The topological polar surface area (TPSA) is 87.3 Å². The second-order valence-electron chi connectivity index (χ2n) is 8.26. The standard InChI is InChI=1S/C23H29N3O3S/c1-16(14-24-15-17-7-3-2-4-8-17)30(28,29)26-23(27)25-22-20-11-5-9-18(20)13-19-10-6-12-21(19)22/h2-4,7-8,13,16,24H,5-6,9-12,14-15H2,1H3,(H2,25,26,27). The van der Waals surface area contributed by atoms with Gasteiger partial charge in [0.15, 0.2) is 0 Å². The van der Waals surface area contributed by atoms with Crippen LogP contribution in [0.25, 0.3) is 0 Å². The van der Waals surface area contributed by atoms with Gasteiger partial charge in [0, 0.05) is 18.8 Å². The first kappa shape index (κ1) is 20.9. The summed E-state index contributed by atoms with van der Waals surface area (Å²) < 4.78 is 27.5. The van der Waals surface area contributed by atoms with E-state index in [0.717, 1.165) is 49.8 Å². The molecule has 1 unspecified atom stereocenters. The third-order valence-electron chi connectivity index (χ3n) is 6.08. The maximum Gasteiger partial charge on any atom is 0.332 e. The molecule has 2 aromatic rings. The van der Waals surface area contributed by atoms with Gasteiger partial charge in [0.25, 0.3) is 0 Å². The second-order valence-corrected chi connectivity index (χ2v) is 10.4. The van der Waals surface area contributed by atoms with Gasteiger partial charge in [-0.3, -0.25) is 0 Å². The number of carbonyl (C=O) groups is 1. The zero-order valence-corrected chi connectivity index (χ0v) is 18.1. The number of anilines is 1. The SMILES string of the molecule is CC(CNCc1ccccc1)S(=O)(=O)NC(=O)Nc1c2c(cc3c1CCC3)CCC2. The number of aryl methyl sites for hydroxylation is 2. The molecule has 1 atom stereocenters. The van der Waals surface area contributed by atoms with Crippen LogP contribution in [0.3, 0.4) is 0 Å². The molecule has 0 fully saturated rings. The Morgan fingerprint density at radius 1 is 1.00 bits per heavy atom. The fraction of sp³-hybridized carbons (Fsp3) is 0.435. The number of nitrogens with one attached hydrogen (secondary N) is 3. The van der Waals surface area contributed by atoms with Gasteiger partial charge >= 0.3 is 6.03 Å². The Balaban J connectivity index is 1.38. The molecule has 0 saturated heterocycles. The van der Waals surface area contributed by atoms with E-state index in [9.17, 15) is 13.2 Å². The van der Waals surface area contributed by atoms with Gasteiger partial charge < -0.3 is 10.6 Å². The summed E-state index contributed by atoms with van der Waals surface area (Å²) in [5, 5.41) is 5.30. The van der Waals surface area contributed by atoms with Crippen molar-refractivity contribution < 1.29 is 13.2 Å². The molecule has 2 aliphatic carbocycles. The minimum absolute atomic E-state index is 0.258. The molecule has 0 spiro atoms. The van der Waals surface area contributed by atoms with Gasteiger partial charge in [0.1, 0.15) is 0 Å². The maximum absolute atomic E-state index is 12.6. The molecular formula is C23H29N3O3S. The average molecular weight is 428 g/mol. The smallest absolute Gasteiger partial charge is 0.311 e. The van der Waals surface area contributed by atoms with Crippen LogP contribution < -0.4 is 15.4 Å². The molecule has 4 rings (SSSR count). The Morgan fingerprint density at radius 2 is 1.63 bits per heavy atom. The summed E-state index contributed by atoms with van der Waals surface area (Å²) in [4.78, 5) is 12.6. The van der Waals surface area contributed by atoms with Crippen LogP contribution in [0.15, 0.2) is 36.4 Å². The maximum atomic E-state index is 12.6. The summed E-state index contributed by atoms with van der Waals surface area (Å²) in [5.41, 5.74) is 6.89. The van der Waals surface area contributed by atoms with Crippen LogP contribution in [0.2, 0.25) is 0 Å². The van der Waals surface area contributed by atoms with Crippen LogP contribution >= 0.6 is 0 Å². The van der Waals surface area contributed by atoms with E-state index in [2.05, 4.69) is 21.4 Å². The summed E-state index contributed by atoms with van der Waals surface area (Å²) in [6.45, 7) is 2.44. The molecule has 0 aromatic heterocycles. The average Bonchev–Trinajstić information content (AvgIpc) is 3.37. The van der Waals surface area contributed by atoms with E-state index >= 15 is 0 Å². The van der Waals surface area contributed by atoms with Gasteiger partial charge in [0.05, 0.1) is 5.25 Å². The highest BCUT2D eigenvalue weighted by atomic mass is 32.2. The van der Waals surface area contributed by atoms with E-state index in [1.165, 1.54) is 22.3 Å². The summed E-state index contributed by atoms with van der Waals surface area (Å²) in [6.07, 6.45) is 6.09.